The van der Waals surface area contributed by atoms with E-state index in [-0.39, 0.29) is 17.4 Å². The van der Waals surface area contributed by atoms with Crippen molar-refractivity contribution in [3.05, 3.63) is 90.4 Å². The lowest BCUT2D eigenvalue weighted by Crippen LogP contribution is -2.48. The number of hydrogen-bond donors (Lipinski definition) is 1. The summed E-state index contributed by atoms with van der Waals surface area (Å²) in [6.45, 7) is 1.68. The number of thioether (sulfide) groups is 1. The lowest BCUT2D eigenvalue weighted by atomic mass is 10.0. The first kappa shape index (κ1) is 21.7. The molecule has 0 saturated heterocycles. The molecule has 0 radical (unpaired) electrons. The van der Waals surface area contributed by atoms with Crippen molar-refractivity contribution in [3.63, 3.8) is 0 Å². The van der Waals surface area contributed by atoms with Gasteiger partial charge in [-0.2, -0.15) is 0 Å². The minimum Gasteiger partial charge on any atom is -0.481 e. The molecule has 1 aromatic heterocycles. The average Bonchev–Trinajstić information content (AvgIpc) is 3.28. The highest BCUT2D eigenvalue weighted by Gasteiger charge is 2.24. The number of carbonyl (C=O) groups is 2. The molecule has 156 valence electrons. The van der Waals surface area contributed by atoms with Gasteiger partial charge in [-0.15, -0.1) is 11.8 Å². The van der Waals surface area contributed by atoms with Crippen molar-refractivity contribution in [2.24, 2.45) is 0 Å². The number of Topliss-reactive ketones (excluding diaryl/α,β-unsaturated/α-hetero) is 1. The Morgan fingerprint density at radius 3 is 2.37 bits per heavy atom. The first-order valence-electron chi connectivity index (χ1n) is 9.80. The topological polar surface area (TPSA) is 68.5 Å². The van der Waals surface area contributed by atoms with E-state index in [0.717, 1.165) is 11.3 Å². The maximum absolute atomic E-state index is 12.9. The standard InChI is InChI=1S/C24H25NO4S/c1-18(29-20-11-6-3-7-12-20)24(27)25-22(15-19-9-4-2-5-10-19)23(26)17-30-16-21-13-8-14-28-21/h2-14,18,22H,15-17H2,1H3,(H,25,27)/t18-,22?/m0/s1. The van der Waals surface area contributed by atoms with E-state index in [1.165, 1.54) is 11.8 Å². The van der Waals surface area contributed by atoms with Gasteiger partial charge >= 0.3 is 0 Å². The second-order valence-corrected chi connectivity index (χ2v) is 7.85. The molecule has 6 heteroatoms. The molecule has 0 aliphatic rings. The number of para-hydroxylation sites is 1. The number of amides is 1. The summed E-state index contributed by atoms with van der Waals surface area (Å²) in [5.41, 5.74) is 0.990. The van der Waals surface area contributed by atoms with Gasteiger partial charge in [-0.05, 0) is 43.2 Å². The van der Waals surface area contributed by atoms with Crippen LogP contribution in [-0.4, -0.2) is 29.6 Å². The lowest BCUT2D eigenvalue weighted by molar-refractivity contribution is -0.131. The van der Waals surface area contributed by atoms with Gasteiger partial charge in [0, 0.05) is 0 Å². The normalized spacial score (nSPS) is 12.7. The zero-order chi connectivity index (χ0) is 21.2. The van der Waals surface area contributed by atoms with Gasteiger partial charge < -0.3 is 14.5 Å². The molecule has 5 nitrogen and oxygen atoms in total. The summed E-state index contributed by atoms with van der Waals surface area (Å²) in [7, 11) is 0. The van der Waals surface area contributed by atoms with Gasteiger partial charge in [-0.3, -0.25) is 9.59 Å². The van der Waals surface area contributed by atoms with Gasteiger partial charge in [0.25, 0.3) is 5.91 Å². The summed E-state index contributed by atoms with van der Waals surface area (Å²) >= 11 is 1.47. The summed E-state index contributed by atoms with van der Waals surface area (Å²) < 4.78 is 11.0. The molecule has 2 aromatic carbocycles. The fraction of sp³-hybridized carbons (Fsp3) is 0.250. The number of hydrogen-bond acceptors (Lipinski definition) is 5. The van der Waals surface area contributed by atoms with Crippen LogP contribution in [0.15, 0.2) is 83.5 Å². The van der Waals surface area contributed by atoms with Crippen molar-refractivity contribution in [2.45, 2.75) is 31.2 Å². The average molecular weight is 424 g/mol. The van der Waals surface area contributed by atoms with Gasteiger partial charge in [0.15, 0.2) is 11.9 Å². The Kier molecular flexibility index (Phi) is 8.15. The molecule has 0 bridgehead atoms. The van der Waals surface area contributed by atoms with Gasteiger partial charge in [0.1, 0.15) is 11.5 Å². The summed E-state index contributed by atoms with van der Waals surface area (Å²) in [6.07, 6.45) is 1.34. The quantitative estimate of drug-likeness (QED) is 0.499. The molecule has 0 aliphatic carbocycles. The number of furan rings is 1. The SMILES string of the molecule is C[C@H](Oc1ccccc1)C(=O)NC(Cc1ccccc1)C(=O)CSCc1ccco1. The molecule has 30 heavy (non-hydrogen) atoms. The maximum Gasteiger partial charge on any atom is 0.261 e. The molecule has 0 fully saturated rings. The molecule has 1 unspecified atom stereocenters. The van der Waals surface area contributed by atoms with Gasteiger partial charge in [-0.25, -0.2) is 0 Å². The second kappa shape index (κ2) is 11.3. The van der Waals surface area contributed by atoms with Gasteiger partial charge in [-0.1, -0.05) is 48.5 Å². The van der Waals surface area contributed by atoms with Crippen LogP contribution in [-0.2, 0) is 21.8 Å². The van der Waals surface area contributed by atoms with Crippen molar-refractivity contribution in [1.29, 1.82) is 0 Å². The molecule has 1 amide bonds. The monoisotopic (exact) mass is 423 g/mol. The van der Waals surface area contributed by atoms with E-state index < -0.39 is 12.1 Å². The number of carbonyl (C=O) groups excluding carboxylic acids is 2. The van der Waals surface area contributed by atoms with Crippen molar-refractivity contribution in [3.8, 4) is 5.75 Å². The van der Waals surface area contributed by atoms with Crippen molar-refractivity contribution >= 4 is 23.5 Å². The third-order valence-electron chi connectivity index (χ3n) is 4.48. The van der Waals surface area contributed by atoms with E-state index in [4.69, 9.17) is 9.15 Å². The Hall–Kier alpha value is -2.99. The van der Waals surface area contributed by atoms with Crippen LogP contribution in [0.5, 0.6) is 5.75 Å². The molecule has 3 aromatic rings. The number of nitrogens with one attached hydrogen (secondary N) is 1. The Morgan fingerprint density at radius 2 is 1.70 bits per heavy atom. The van der Waals surface area contributed by atoms with Crippen LogP contribution in [0.3, 0.4) is 0 Å². The summed E-state index contributed by atoms with van der Waals surface area (Å²) in [6, 6.07) is 21.9. The minimum absolute atomic E-state index is 0.0318. The van der Waals surface area contributed by atoms with Crippen molar-refractivity contribution < 1.29 is 18.7 Å². The number of ether oxygens (including phenoxy) is 1. The molecule has 1 heterocycles. The number of benzene rings is 2. The molecule has 0 saturated carbocycles. The van der Waals surface area contributed by atoms with E-state index in [1.54, 1.807) is 25.3 Å². The Bertz CT molecular complexity index is 913. The van der Waals surface area contributed by atoms with Crippen LogP contribution in [0.25, 0.3) is 0 Å². The van der Waals surface area contributed by atoms with Crippen LogP contribution < -0.4 is 10.1 Å². The van der Waals surface area contributed by atoms with Crippen LogP contribution in [0.2, 0.25) is 0 Å². The zero-order valence-electron chi connectivity index (χ0n) is 16.8. The van der Waals surface area contributed by atoms with E-state index >= 15 is 0 Å². The number of ketones is 1. The fourth-order valence-electron chi connectivity index (χ4n) is 2.89. The fourth-order valence-corrected chi connectivity index (χ4v) is 3.76. The molecule has 0 spiro atoms. The van der Waals surface area contributed by atoms with Crippen molar-refractivity contribution in [1.82, 2.24) is 5.32 Å². The molecule has 2 atom stereocenters. The predicted molar refractivity (Wildman–Crippen MR) is 118 cm³/mol. The summed E-state index contributed by atoms with van der Waals surface area (Å²) in [5.74, 6) is 1.98. The van der Waals surface area contributed by atoms with E-state index in [2.05, 4.69) is 5.32 Å². The third-order valence-corrected chi connectivity index (χ3v) is 5.46. The van der Waals surface area contributed by atoms with Crippen molar-refractivity contribution in [2.75, 3.05) is 5.75 Å². The minimum atomic E-state index is -0.714. The molecular weight excluding hydrogens is 398 g/mol. The van der Waals surface area contributed by atoms with E-state index in [0.29, 0.717) is 17.9 Å². The van der Waals surface area contributed by atoms with Crippen LogP contribution >= 0.6 is 11.8 Å². The smallest absolute Gasteiger partial charge is 0.261 e. The Morgan fingerprint density at radius 1 is 1.00 bits per heavy atom. The third kappa shape index (κ3) is 6.81. The Balaban J connectivity index is 1.60. The van der Waals surface area contributed by atoms with Crippen LogP contribution in [0.4, 0.5) is 0 Å². The highest BCUT2D eigenvalue weighted by Crippen LogP contribution is 2.15. The molecule has 3 rings (SSSR count). The number of rotatable bonds is 11. The molecule has 0 aliphatic heterocycles. The maximum atomic E-state index is 12.9. The van der Waals surface area contributed by atoms with Crippen LogP contribution in [0, 0.1) is 0 Å². The predicted octanol–water partition coefficient (Wildman–Crippen LogP) is 4.28. The first-order chi connectivity index (χ1) is 14.6. The lowest BCUT2D eigenvalue weighted by Gasteiger charge is -2.21. The summed E-state index contributed by atoms with van der Waals surface area (Å²) in [5, 5.41) is 2.88. The van der Waals surface area contributed by atoms with E-state index in [9.17, 15) is 9.59 Å². The largest absolute Gasteiger partial charge is 0.481 e. The molecular formula is C24H25NO4S. The molecule has 1 N–H and O–H groups in total. The highest BCUT2D eigenvalue weighted by atomic mass is 32.2. The Labute approximate surface area is 180 Å². The van der Waals surface area contributed by atoms with Crippen LogP contribution in [0.1, 0.15) is 18.2 Å². The van der Waals surface area contributed by atoms with Gasteiger partial charge in [0.2, 0.25) is 0 Å². The zero-order valence-corrected chi connectivity index (χ0v) is 17.6. The first-order valence-corrected chi connectivity index (χ1v) is 11.0. The second-order valence-electron chi connectivity index (χ2n) is 6.86. The van der Waals surface area contributed by atoms with E-state index in [1.807, 2.05) is 60.7 Å². The van der Waals surface area contributed by atoms with Gasteiger partial charge in [0.05, 0.1) is 23.8 Å². The highest BCUT2D eigenvalue weighted by molar-refractivity contribution is 7.99. The summed E-state index contributed by atoms with van der Waals surface area (Å²) in [4.78, 5) is 25.6.